The standard InChI is InChI=1S/C18H27N3OS/c1-12(2)10-14-11-23-18-16(14)17(19-13(3)20-18)21-8-5-4-6-15(21)7-9-22/h11-12,15,22H,4-10H2,1-3H3. The number of thiophene rings is 1. The summed E-state index contributed by atoms with van der Waals surface area (Å²) in [7, 11) is 0. The normalized spacial score (nSPS) is 19.0. The van der Waals surface area contributed by atoms with Crippen LogP contribution in [0.5, 0.6) is 0 Å². The molecule has 0 bridgehead atoms. The molecule has 3 rings (SSSR count). The first kappa shape index (κ1) is 16.7. The van der Waals surface area contributed by atoms with Gasteiger partial charge in [-0.1, -0.05) is 13.8 Å². The molecule has 2 aromatic rings. The second kappa shape index (κ2) is 7.14. The number of hydrogen-bond acceptors (Lipinski definition) is 5. The molecule has 1 aliphatic rings. The van der Waals surface area contributed by atoms with E-state index in [2.05, 4.69) is 29.1 Å². The fraction of sp³-hybridized carbons (Fsp3) is 0.667. The smallest absolute Gasteiger partial charge is 0.141 e. The molecule has 0 aromatic carbocycles. The first-order valence-electron chi connectivity index (χ1n) is 8.72. The maximum absolute atomic E-state index is 9.43. The summed E-state index contributed by atoms with van der Waals surface area (Å²) >= 11 is 1.74. The fourth-order valence-corrected chi connectivity index (χ4v) is 4.60. The van der Waals surface area contributed by atoms with Crippen LogP contribution in [0.1, 0.15) is 50.9 Å². The van der Waals surface area contributed by atoms with Gasteiger partial charge in [0.1, 0.15) is 16.5 Å². The van der Waals surface area contributed by atoms with Gasteiger partial charge < -0.3 is 10.0 Å². The second-order valence-corrected chi connectivity index (χ2v) is 7.85. The van der Waals surface area contributed by atoms with Crippen LogP contribution in [-0.2, 0) is 6.42 Å². The van der Waals surface area contributed by atoms with E-state index in [1.807, 2.05) is 6.92 Å². The molecule has 1 atom stereocenters. The number of rotatable bonds is 5. The minimum atomic E-state index is 0.247. The van der Waals surface area contributed by atoms with Gasteiger partial charge in [-0.3, -0.25) is 0 Å². The van der Waals surface area contributed by atoms with Crippen molar-refractivity contribution in [1.29, 1.82) is 0 Å². The first-order chi connectivity index (χ1) is 11.1. The van der Waals surface area contributed by atoms with Gasteiger partial charge in [-0.15, -0.1) is 11.3 Å². The summed E-state index contributed by atoms with van der Waals surface area (Å²) in [6, 6.07) is 0.401. The highest BCUT2D eigenvalue weighted by atomic mass is 32.1. The number of piperidine rings is 1. The lowest BCUT2D eigenvalue weighted by Crippen LogP contribution is -2.41. The van der Waals surface area contributed by atoms with Crippen LogP contribution in [0.15, 0.2) is 5.38 Å². The molecule has 0 aliphatic carbocycles. The van der Waals surface area contributed by atoms with Crippen LogP contribution < -0.4 is 4.90 Å². The van der Waals surface area contributed by atoms with E-state index in [1.165, 1.54) is 23.8 Å². The zero-order valence-electron chi connectivity index (χ0n) is 14.4. The Labute approximate surface area is 142 Å². The predicted molar refractivity (Wildman–Crippen MR) is 97.4 cm³/mol. The third-order valence-electron chi connectivity index (χ3n) is 4.59. The molecular weight excluding hydrogens is 306 g/mol. The maximum Gasteiger partial charge on any atom is 0.141 e. The minimum absolute atomic E-state index is 0.247. The molecule has 5 heteroatoms. The Balaban J connectivity index is 2.08. The number of aliphatic hydroxyl groups is 1. The summed E-state index contributed by atoms with van der Waals surface area (Å²) in [4.78, 5) is 13.0. The number of aryl methyl sites for hydroxylation is 1. The van der Waals surface area contributed by atoms with Crippen molar-refractivity contribution in [3.63, 3.8) is 0 Å². The van der Waals surface area contributed by atoms with E-state index < -0.39 is 0 Å². The summed E-state index contributed by atoms with van der Waals surface area (Å²) < 4.78 is 0. The zero-order valence-corrected chi connectivity index (χ0v) is 15.2. The third kappa shape index (κ3) is 3.50. The van der Waals surface area contributed by atoms with E-state index in [9.17, 15) is 5.11 Å². The predicted octanol–water partition coefficient (Wildman–Crippen LogP) is 3.94. The van der Waals surface area contributed by atoms with Gasteiger partial charge in [0.25, 0.3) is 0 Å². The van der Waals surface area contributed by atoms with Gasteiger partial charge in [0.05, 0.1) is 5.39 Å². The maximum atomic E-state index is 9.43. The van der Waals surface area contributed by atoms with Crippen molar-refractivity contribution in [1.82, 2.24) is 9.97 Å². The number of hydrogen-bond donors (Lipinski definition) is 1. The van der Waals surface area contributed by atoms with Crippen LogP contribution in [0.25, 0.3) is 10.2 Å². The molecule has 0 saturated carbocycles. The molecule has 1 fully saturated rings. The van der Waals surface area contributed by atoms with E-state index in [1.54, 1.807) is 11.3 Å². The Morgan fingerprint density at radius 2 is 2.17 bits per heavy atom. The second-order valence-electron chi connectivity index (χ2n) is 6.99. The Bertz CT molecular complexity index is 666. The summed E-state index contributed by atoms with van der Waals surface area (Å²) in [5, 5.41) is 12.9. The molecule has 1 saturated heterocycles. The molecule has 2 aromatic heterocycles. The van der Waals surface area contributed by atoms with Crippen LogP contribution in [0.3, 0.4) is 0 Å². The van der Waals surface area contributed by atoms with Gasteiger partial charge in [-0.25, -0.2) is 9.97 Å². The quantitative estimate of drug-likeness (QED) is 0.900. The number of fused-ring (bicyclic) bond motifs is 1. The summed E-state index contributed by atoms with van der Waals surface area (Å²) in [5.41, 5.74) is 1.38. The molecule has 4 nitrogen and oxygen atoms in total. The lowest BCUT2D eigenvalue weighted by atomic mass is 9.98. The first-order valence-corrected chi connectivity index (χ1v) is 9.60. The molecular formula is C18H27N3OS. The highest BCUT2D eigenvalue weighted by molar-refractivity contribution is 7.17. The van der Waals surface area contributed by atoms with Crippen molar-refractivity contribution in [2.45, 2.75) is 58.9 Å². The molecule has 1 unspecified atom stereocenters. The van der Waals surface area contributed by atoms with Crippen molar-refractivity contribution in [3.05, 3.63) is 16.8 Å². The molecule has 0 amide bonds. The van der Waals surface area contributed by atoms with E-state index in [0.29, 0.717) is 12.0 Å². The van der Waals surface area contributed by atoms with Gasteiger partial charge >= 0.3 is 0 Å². The largest absolute Gasteiger partial charge is 0.396 e. The summed E-state index contributed by atoms with van der Waals surface area (Å²) in [5.74, 6) is 2.57. The van der Waals surface area contributed by atoms with Crippen LogP contribution in [0.2, 0.25) is 0 Å². The Kier molecular flexibility index (Phi) is 5.17. The van der Waals surface area contributed by atoms with Crippen molar-refractivity contribution >= 4 is 27.4 Å². The Morgan fingerprint density at radius 3 is 2.91 bits per heavy atom. The number of anilines is 1. The van der Waals surface area contributed by atoms with Crippen LogP contribution in [-0.4, -0.2) is 34.3 Å². The Hall–Kier alpha value is -1.20. The van der Waals surface area contributed by atoms with Crippen LogP contribution in [0.4, 0.5) is 5.82 Å². The molecule has 0 spiro atoms. The fourth-order valence-electron chi connectivity index (χ4n) is 3.61. The topological polar surface area (TPSA) is 49.2 Å². The monoisotopic (exact) mass is 333 g/mol. The van der Waals surface area contributed by atoms with E-state index in [-0.39, 0.29) is 6.61 Å². The van der Waals surface area contributed by atoms with Gasteiger partial charge in [-0.2, -0.15) is 0 Å². The van der Waals surface area contributed by atoms with Crippen LogP contribution >= 0.6 is 11.3 Å². The lowest BCUT2D eigenvalue weighted by molar-refractivity contribution is 0.262. The van der Waals surface area contributed by atoms with Crippen LogP contribution in [0, 0.1) is 12.8 Å². The number of nitrogens with zero attached hydrogens (tertiary/aromatic N) is 3. The average molecular weight is 334 g/mol. The summed E-state index contributed by atoms with van der Waals surface area (Å²) in [6.45, 7) is 7.78. The van der Waals surface area contributed by atoms with E-state index in [0.717, 1.165) is 42.3 Å². The average Bonchev–Trinajstić information content (AvgIpc) is 2.89. The summed E-state index contributed by atoms with van der Waals surface area (Å²) in [6.07, 6.45) is 5.49. The van der Waals surface area contributed by atoms with E-state index in [4.69, 9.17) is 4.98 Å². The number of aliphatic hydroxyl groups excluding tert-OH is 1. The van der Waals surface area contributed by atoms with E-state index >= 15 is 0 Å². The van der Waals surface area contributed by atoms with Crippen molar-refractivity contribution in [3.8, 4) is 0 Å². The molecule has 126 valence electrons. The van der Waals surface area contributed by atoms with Crippen molar-refractivity contribution in [2.24, 2.45) is 5.92 Å². The SMILES string of the molecule is Cc1nc(N2CCCCC2CCO)c2c(CC(C)C)csc2n1. The van der Waals surface area contributed by atoms with Gasteiger partial charge in [0, 0.05) is 19.2 Å². The minimum Gasteiger partial charge on any atom is -0.396 e. The molecule has 3 heterocycles. The van der Waals surface area contributed by atoms with Gasteiger partial charge in [0.2, 0.25) is 0 Å². The molecule has 0 radical (unpaired) electrons. The molecule has 1 aliphatic heterocycles. The highest BCUT2D eigenvalue weighted by Gasteiger charge is 2.26. The Morgan fingerprint density at radius 1 is 1.35 bits per heavy atom. The van der Waals surface area contributed by atoms with Crippen molar-refractivity contribution in [2.75, 3.05) is 18.1 Å². The molecule has 23 heavy (non-hydrogen) atoms. The van der Waals surface area contributed by atoms with Gasteiger partial charge in [-0.05, 0) is 55.9 Å². The highest BCUT2D eigenvalue weighted by Crippen LogP contribution is 2.36. The zero-order chi connectivity index (χ0) is 16.4. The molecule has 1 N–H and O–H groups in total. The lowest BCUT2D eigenvalue weighted by Gasteiger charge is -2.37. The number of aromatic nitrogens is 2. The van der Waals surface area contributed by atoms with Gasteiger partial charge in [0.15, 0.2) is 0 Å². The third-order valence-corrected chi connectivity index (χ3v) is 5.51. The van der Waals surface area contributed by atoms with Crippen molar-refractivity contribution < 1.29 is 5.11 Å².